The lowest BCUT2D eigenvalue weighted by atomic mass is 10.1. The van der Waals surface area contributed by atoms with Crippen molar-refractivity contribution in [2.75, 3.05) is 17.7 Å². The van der Waals surface area contributed by atoms with Crippen molar-refractivity contribution in [1.82, 2.24) is 4.98 Å². The van der Waals surface area contributed by atoms with E-state index in [1.54, 1.807) is 7.11 Å². The van der Waals surface area contributed by atoms with Crippen LogP contribution in [0.5, 0.6) is 5.75 Å². The van der Waals surface area contributed by atoms with Crippen molar-refractivity contribution in [2.45, 2.75) is 26.7 Å². The maximum absolute atomic E-state index is 12.3. The summed E-state index contributed by atoms with van der Waals surface area (Å²) in [5, 5.41) is 6.28. The Kier molecular flexibility index (Phi) is 6.26. The molecule has 6 nitrogen and oxygen atoms in total. The summed E-state index contributed by atoms with van der Waals surface area (Å²) in [5.74, 6) is 0.575. The Morgan fingerprint density at radius 2 is 1.86 bits per heavy atom. The summed E-state index contributed by atoms with van der Waals surface area (Å²) < 4.78 is 6.09. The van der Waals surface area contributed by atoms with E-state index in [0.717, 1.165) is 21.5 Å². The van der Waals surface area contributed by atoms with Crippen LogP contribution in [0.1, 0.15) is 25.8 Å². The van der Waals surface area contributed by atoms with Gasteiger partial charge in [0, 0.05) is 18.0 Å². The predicted octanol–water partition coefficient (Wildman–Crippen LogP) is 4.47. The van der Waals surface area contributed by atoms with Crippen molar-refractivity contribution >= 4 is 44.2 Å². The summed E-state index contributed by atoms with van der Waals surface area (Å²) >= 11 is 1.42. The van der Waals surface area contributed by atoms with Gasteiger partial charge in [-0.1, -0.05) is 37.3 Å². The predicted molar refractivity (Wildman–Crippen MR) is 113 cm³/mol. The Balaban J connectivity index is 1.59. The monoisotopic (exact) mass is 397 g/mol. The molecule has 0 aliphatic heterocycles. The summed E-state index contributed by atoms with van der Waals surface area (Å²) in [4.78, 5) is 28.5. The molecule has 7 heteroatoms. The molecule has 1 heterocycles. The highest BCUT2D eigenvalue weighted by Gasteiger charge is 2.12. The second-order valence-electron chi connectivity index (χ2n) is 6.74. The summed E-state index contributed by atoms with van der Waals surface area (Å²) in [6.07, 6.45) is 1.04. The highest BCUT2D eigenvalue weighted by atomic mass is 32.1. The Bertz CT molecular complexity index is 980. The Morgan fingerprint density at radius 3 is 2.54 bits per heavy atom. The Hall–Kier alpha value is -2.93. The van der Waals surface area contributed by atoms with Gasteiger partial charge in [0.25, 0.3) is 0 Å². The van der Waals surface area contributed by atoms with Gasteiger partial charge in [0.2, 0.25) is 11.8 Å². The molecule has 0 atom stereocenters. The first-order valence-electron chi connectivity index (χ1n) is 9.09. The average Bonchev–Trinajstić information content (AvgIpc) is 3.08. The average molecular weight is 398 g/mol. The molecule has 0 aliphatic rings. The third-order valence-electron chi connectivity index (χ3n) is 4.23. The van der Waals surface area contributed by atoms with Crippen LogP contribution in [0, 0.1) is 5.92 Å². The number of aryl methyl sites for hydroxylation is 1. The molecule has 2 N–H and O–H groups in total. The van der Waals surface area contributed by atoms with Crippen LogP contribution in [0.25, 0.3) is 10.2 Å². The fraction of sp³-hybridized carbons (Fsp3) is 0.286. The van der Waals surface area contributed by atoms with Gasteiger partial charge in [0.05, 0.1) is 17.3 Å². The summed E-state index contributed by atoms with van der Waals surface area (Å²) in [7, 11) is 1.63. The number of carbonyl (C=O) groups excluding carboxylic acids is 2. The molecule has 28 heavy (non-hydrogen) atoms. The van der Waals surface area contributed by atoms with Crippen molar-refractivity contribution in [1.29, 1.82) is 0 Å². The number of fused-ring (bicyclic) bond motifs is 1. The molecule has 0 saturated carbocycles. The second-order valence-corrected chi connectivity index (χ2v) is 7.77. The number of anilines is 2. The number of methoxy groups -OCH3 is 1. The van der Waals surface area contributed by atoms with Crippen molar-refractivity contribution < 1.29 is 14.3 Å². The number of thiazole rings is 1. The molecule has 0 spiro atoms. The molecule has 3 rings (SSSR count). The molecule has 1 aromatic heterocycles. The SMILES string of the molecule is COc1ccc(CCC(=O)Nc2ccc3sc(NC(=O)C(C)C)nc3c2)cc1. The van der Waals surface area contributed by atoms with Crippen LogP contribution < -0.4 is 15.4 Å². The minimum absolute atomic E-state index is 0.0567. The van der Waals surface area contributed by atoms with Crippen LogP contribution in [-0.4, -0.2) is 23.9 Å². The number of carbonyl (C=O) groups is 2. The van der Waals surface area contributed by atoms with Crippen molar-refractivity contribution in [2.24, 2.45) is 5.92 Å². The number of rotatable bonds is 7. The second kappa shape index (κ2) is 8.84. The highest BCUT2D eigenvalue weighted by molar-refractivity contribution is 7.22. The first-order chi connectivity index (χ1) is 13.4. The number of ether oxygens (including phenoxy) is 1. The van der Waals surface area contributed by atoms with E-state index in [4.69, 9.17) is 4.74 Å². The van der Waals surface area contributed by atoms with Gasteiger partial charge >= 0.3 is 0 Å². The maximum atomic E-state index is 12.3. The summed E-state index contributed by atoms with van der Waals surface area (Å²) in [6, 6.07) is 13.3. The van der Waals surface area contributed by atoms with E-state index >= 15 is 0 Å². The number of amides is 2. The largest absolute Gasteiger partial charge is 0.497 e. The lowest BCUT2D eigenvalue weighted by molar-refractivity contribution is -0.119. The molecule has 0 saturated heterocycles. The zero-order valence-corrected chi connectivity index (χ0v) is 16.9. The molecule has 0 radical (unpaired) electrons. The van der Waals surface area contributed by atoms with Gasteiger partial charge in [-0.05, 0) is 42.3 Å². The van der Waals surface area contributed by atoms with Crippen LogP contribution in [0.2, 0.25) is 0 Å². The van der Waals surface area contributed by atoms with Gasteiger partial charge in [-0.15, -0.1) is 0 Å². The van der Waals surface area contributed by atoms with E-state index in [1.165, 1.54) is 11.3 Å². The van der Waals surface area contributed by atoms with Crippen molar-refractivity contribution in [3.8, 4) is 5.75 Å². The molecule has 3 aromatic rings. The third kappa shape index (κ3) is 5.07. The number of benzene rings is 2. The number of hydrogen-bond donors (Lipinski definition) is 2. The minimum atomic E-state index is -0.104. The third-order valence-corrected chi connectivity index (χ3v) is 5.18. The van der Waals surface area contributed by atoms with Crippen LogP contribution >= 0.6 is 11.3 Å². The number of hydrogen-bond acceptors (Lipinski definition) is 5. The smallest absolute Gasteiger partial charge is 0.228 e. The van der Waals surface area contributed by atoms with Crippen LogP contribution in [0.4, 0.5) is 10.8 Å². The number of nitrogens with zero attached hydrogens (tertiary/aromatic N) is 1. The van der Waals surface area contributed by atoms with Crippen LogP contribution in [0.15, 0.2) is 42.5 Å². The van der Waals surface area contributed by atoms with Gasteiger partial charge in [-0.2, -0.15) is 0 Å². The Morgan fingerprint density at radius 1 is 1.11 bits per heavy atom. The van der Waals surface area contributed by atoms with E-state index in [0.29, 0.717) is 23.7 Å². The Labute approximate surface area is 167 Å². The molecular weight excluding hydrogens is 374 g/mol. The van der Waals surface area contributed by atoms with Gasteiger partial charge < -0.3 is 15.4 Å². The molecule has 2 aromatic carbocycles. The normalized spacial score (nSPS) is 10.9. The topological polar surface area (TPSA) is 80.3 Å². The first kappa shape index (κ1) is 19.8. The maximum Gasteiger partial charge on any atom is 0.228 e. The van der Waals surface area contributed by atoms with E-state index in [-0.39, 0.29) is 17.7 Å². The molecule has 0 aliphatic carbocycles. The molecule has 0 fully saturated rings. The minimum Gasteiger partial charge on any atom is -0.497 e. The van der Waals surface area contributed by atoms with Gasteiger partial charge in [0.1, 0.15) is 5.75 Å². The molecule has 0 bridgehead atoms. The summed E-state index contributed by atoms with van der Waals surface area (Å²) in [5.41, 5.74) is 2.52. The lowest BCUT2D eigenvalue weighted by Gasteiger charge is -2.06. The zero-order chi connectivity index (χ0) is 20.1. The quantitative estimate of drug-likeness (QED) is 0.616. The molecule has 0 unspecified atom stereocenters. The van der Waals surface area contributed by atoms with Crippen molar-refractivity contribution in [3.05, 3.63) is 48.0 Å². The lowest BCUT2D eigenvalue weighted by Crippen LogP contribution is -2.17. The van der Waals surface area contributed by atoms with E-state index < -0.39 is 0 Å². The van der Waals surface area contributed by atoms with E-state index in [9.17, 15) is 9.59 Å². The standard InChI is InChI=1S/C21H23N3O3S/c1-13(2)20(26)24-21-23-17-12-15(7-10-18(17)28-21)22-19(25)11-6-14-4-8-16(27-3)9-5-14/h4-5,7-10,12-13H,6,11H2,1-3H3,(H,22,25)(H,23,24,26). The fourth-order valence-corrected chi connectivity index (χ4v) is 3.43. The van der Waals surface area contributed by atoms with Crippen LogP contribution in [-0.2, 0) is 16.0 Å². The van der Waals surface area contributed by atoms with E-state index in [1.807, 2.05) is 56.3 Å². The van der Waals surface area contributed by atoms with Gasteiger partial charge in [-0.25, -0.2) is 4.98 Å². The number of aromatic nitrogens is 1. The molecule has 146 valence electrons. The summed E-state index contributed by atoms with van der Waals surface area (Å²) in [6.45, 7) is 3.67. The first-order valence-corrected chi connectivity index (χ1v) is 9.90. The van der Waals surface area contributed by atoms with Crippen LogP contribution in [0.3, 0.4) is 0 Å². The fourth-order valence-electron chi connectivity index (χ4n) is 2.58. The molecular formula is C21H23N3O3S. The van der Waals surface area contributed by atoms with Gasteiger partial charge in [0.15, 0.2) is 5.13 Å². The number of nitrogens with one attached hydrogen (secondary N) is 2. The van der Waals surface area contributed by atoms with Gasteiger partial charge in [-0.3, -0.25) is 9.59 Å². The van der Waals surface area contributed by atoms with Crippen molar-refractivity contribution in [3.63, 3.8) is 0 Å². The zero-order valence-electron chi connectivity index (χ0n) is 16.1. The van der Waals surface area contributed by atoms with E-state index in [2.05, 4.69) is 15.6 Å². The highest BCUT2D eigenvalue weighted by Crippen LogP contribution is 2.28. The molecule has 2 amide bonds.